The lowest BCUT2D eigenvalue weighted by atomic mass is 10.0. The normalized spacial score (nSPS) is 15.1. The topological polar surface area (TPSA) is 80.9 Å². The van der Waals surface area contributed by atoms with Gasteiger partial charge in [-0.2, -0.15) is 0 Å². The van der Waals surface area contributed by atoms with E-state index in [0.717, 1.165) is 11.1 Å². The molecule has 0 aliphatic rings. The highest BCUT2D eigenvalue weighted by molar-refractivity contribution is 5.23. The summed E-state index contributed by atoms with van der Waals surface area (Å²) in [5.41, 5.74) is 2.08. The van der Waals surface area contributed by atoms with Crippen molar-refractivity contribution in [3.8, 4) is 0 Å². The third-order valence-electron chi connectivity index (χ3n) is 2.86. The third kappa shape index (κ3) is 7.16. The average Bonchev–Trinajstić information content (AvgIpc) is 2.35. The highest BCUT2D eigenvalue weighted by Crippen LogP contribution is 2.13. The quantitative estimate of drug-likeness (QED) is 0.445. The molecule has 0 radical (unpaired) electrons. The van der Waals surface area contributed by atoms with Crippen molar-refractivity contribution in [3.63, 3.8) is 0 Å². The van der Waals surface area contributed by atoms with Crippen LogP contribution < -0.4 is 0 Å². The number of aliphatic hydroxyl groups excluding tert-OH is 4. The van der Waals surface area contributed by atoms with Crippen LogP contribution in [0.15, 0.2) is 46.5 Å². The highest BCUT2D eigenvalue weighted by atomic mass is 16.3. The lowest BCUT2D eigenvalue weighted by Crippen LogP contribution is -2.17. The van der Waals surface area contributed by atoms with Crippen molar-refractivity contribution in [3.05, 3.63) is 46.5 Å². The van der Waals surface area contributed by atoms with Crippen LogP contribution >= 0.6 is 0 Å². The second-order valence-electron chi connectivity index (χ2n) is 5.34. The highest BCUT2D eigenvalue weighted by Gasteiger charge is 2.12. The molecule has 114 valence electrons. The Hall–Kier alpha value is -1.52. The SMILES string of the molecule is CC(C)=C(O)C=CC(O)CC(O)/C(C)=C/C(O)=C(C)C. The Labute approximate surface area is 121 Å². The van der Waals surface area contributed by atoms with Crippen molar-refractivity contribution in [1.82, 2.24) is 0 Å². The van der Waals surface area contributed by atoms with Crippen molar-refractivity contribution in [1.29, 1.82) is 0 Å². The molecule has 20 heavy (non-hydrogen) atoms. The average molecular weight is 282 g/mol. The van der Waals surface area contributed by atoms with Gasteiger partial charge in [0.15, 0.2) is 0 Å². The van der Waals surface area contributed by atoms with Crippen LogP contribution in [0.1, 0.15) is 41.0 Å². The molecule has 0 saturated carbocycles. The number of hydrogen-bond acceptors (Lipinski definition) is 4. The molecule has 0 aromatic carbocycles. The molecular formula is C16H26O4. The van der Waals surface area contributed by atoms with Crippen molar-refractivity contribution >= 4 is 0 Å². The molecular weight excluding hydrogens is 256 g/mol. The van der Waals surface area contributed by atoms with E-state index in [1.54, 1.807) is 34.6 Å². The minimum absolute atomic E-state index is 0.102. The zero-order valence-corrected chi connectivity index (χ0v) is 12.9. The standard InChI is InChI=1S/C16H26O4/c1-10(2)14(18)7-6-13(17)9-16(20)12(5)8-15(19)11(3)4/h6-8,13,16-20H,9H2,1-5H3/b7-6?,12-8+. The van der Waals surface area contributed by atoms with E-state index in [4.69, 9.17) is 0 Å². The van der Waals surface area contributed by atoms with E-state index in [2.05, 4.69) is 0 Å². The van der Waals surface area contributed by atoms with Gasteiger partial charge < -0.3 is 20.4 Å². The molecule has 4 nitrogen and oxygen atoms in total. The van der Waals surface area contributed by atoms with Gasteiger partial charge in [-0.1, -0.05) is 6.08 Å². The van der Waals surface area contributed by atoms with Gasteiger partial charge in [0, 0.05) is 6.42 Å². The molecule has 4 N–H and O–H groups in total. The van der Waals surface area contributed by atoms with Gasteiger partial charge in [0.2, 0.25) is 0 Å². The van der Waals surface area contributed by atoms with E-state index in [0.29, 0.717) is 5.57 Å². The summed E-state index contributed by atoms with van der Waals surface area (Å²) in [5, 5.41) is 38.7. The van der Waals surface area contributed by atoms with Gasteiger partial charge in [-0.15, -0.1) is 0 Å². The van der Waals surface area contributed by atoms with Crippen LogP contribution in [0.3, 0.4) is 0 Å². The molecule has 0 heterocycles. The van der Waals surface area contributed by atoms with Crippen LogP contribution in [-0.4, -0.2) is 32.6 Å². The fourth-order valence-corrected chi connectivity index (χ4v) is 1.32. The Kier molecular flexibility index (Phi) is 7.96. The summed E-state index contributed by atoms with van der Waals surface area (Å²) >= 11 is 0. The van der Waals surface area contributed by atoms with Crippen LogP contribution in [0.4, 0.5) is 0 Å². The lowest BCUT2D eigenvalue weighted by Gasteiger charge is -2.14. The van der Waals surface area contributed by atoms with Crippen LogP contribution in [0.25, 0.3) is 0 Å². The molecule has 0 aromatic heterocycles. The summed E-state index contributed by atoms with van der Waals surface area (Å²) in [5.74, 6) is 0.224. The molecule has 0 bridgehead atoms. The molecule has 0 aliphatic carbocycles. The van der Waals surface area contributed by atoms with E-state index in [1.807, 2.05) is 0 Å². The van der Waals surface area contributed by atoms with Crippen molar-refractivity contribution in [2.75, 3.05) is 0 Å². The van der Waals surface area contributed by atoms with Gasteiger partial charge in [0.05, 0.1) is 12.2 Å². The fraction of sp³-hybridized carbons (Fsp3) is 0.500. The maximum Gasteiger partial charge on any atom is 0.114 e. The van der Waals surface area contributed by atoms with Crippen LogP contribution in [0.2, 0.25) is 0 Å². The fourth-order valence-electron chi connectivity index (χ4n) is 1.32. The van der Waals surface area contributed by atoms with Gasteiger partial charge in [0.25, 0.3) is 0 Å². The number of rotatable bonds is 6. The Morgan fingerprint density at radius 2 is 1.40 bits per heavy atom. The Balaban J connectivity index is 4.66. The van der Waals surface area contributed by atoms with Crippen molar-refractivity contribution in [2.45, 2.75) is 53.2 Å². The second kappa shape index (κ2) is 8.61. The zero-order chi connectivity index (χ0) is 15.9. The van der Waals surface area contributed by atoms with Gasteiger partial charge in [0.1, 0.15) is 11.5 Å². The minimum Gasteiger partial charge on any atom is -0.508 e. The predicted octanol–water partition coefficient (Wildman–Crippen LogP) is 3.30. The number of hydrogen-bond donors (Lipinski definition) is 4. The van der Waals surface area contributed by atoms with E-state index in [1.165, 1.54) is 18.2 Å². The summed E-state index contributed by atoms with van der Waals surface area (Å²) in [6, 6.07) is 0. The van der Waals surface area contributed by atoms with Crippen molar-refractivity contribution < 1.29 is 20.4 Å². The lowest BCUT2D eigenvalue weighted by molar-refractivity contribution is 0.126. The molecule has 2 atom stereocenters. The molecule has 0 fully saturated rings. The molecule has 0 rings (SSSR count). The molecule has 0 spiro atoms. The summed E-state index contributed by atoms with van der Waals surface area (Å²) in [6.45, 7) is 8.75. The maximum atomic E-state index is 9.92. The number of allylic oxidation sites excluding steroid dienone is 4. The van der Waals surface area contributed by atoms with E-state index in [-0.39, 0.29) is 17.9 Å². The Morgan fingerprint density at radius 1 is 0.900 bits per heavy atom. The van der Waals surface area contributed by atoms with Gasteiger partial charge in [-0.3, -0.25) is 0 Å². The summed E-state index contributed by atoms with van der Waals surface area (Å²) in [4.78, 5) is 0. The first-order valence-electron chi connectivity index (χ1n) is 6.60. The summed E-state index contributed by atoms with van der Waals surface area (Å²) in [6.07, 6.45) is 2.71. The van der Waals surface area contributed by atoms with Crippen molar-refractivity contribution in [2.24, 2.45) is 0 Å². The molecule has 0 amide bonds. The van der Waals surface area contributed by atoms with E-state index < -0.39 is 12.2 Å². The van der Waals surface area contributed by atoms with E-state index in [9.17, 15) is 20.4 Å². The molecule has 0 aliphatic heterocycles. The summed E-state index contributed by atoms with van der Waals surface area (Å²) in [7, 11) is 0. The zero-order valence-electron chi connectivity index (χ0n) is 12.9. The first-order valence-corrected chi connectivity index (χ1v) is 6.60. The third-order valence-corrected chi connectivity index (χ3v) is 2.86. The van der Waals surface area contributed by atoms with Gasteiger partial charge >= 0.3 is 0 Å². The first kappa shape index (κ1) is 18.5. The van der Waals surface area contributed by atoms with Crippen LogP contribution in [-0.2, 0) is 0 Å². The Bertz CT molecular complexity index is 433. The monoisotopic (exact) mass is 282 g/mol. The van der Waals surface area contributed by atoms with Crippen LogP contribution in [0, 0.1) is 0 Å². The molecule has 4 heteroatoms. The second-order valence-corrected chi connectivity index (χ2v) is 5.34. The Morgan fingerprint density at radius 3 is 1.85 bits per heavy atom. The molecule has 0 aromatic rings. The molecule has 0 saturated heterocycles. The predicted molar refractivity (Wildman–Crippen MR) is 81.5 cm³/mol. The van der Waals surface area contributed by atoms with Crippen LogP contribution in [0.5, 0.6) is 0 Å². The van der Waals surface area contributed by atoms with Gasteiger partial charge in [-0.05, 0) is 63.5 Å². The van der Waals surface area contributed by atoms with Gasteiger partial charge in [-0.25, -0.2) is 0 Å². The minimum atomic E-state index is -0.872. The first-order chi connectivity index (χ1) is 9.15. The summed E-state index contributed by atoms with van der Waals surface area (Å²) < 4.78 is 0. The van der Waals surface area contributed by atoms with E-state index >= 15 is 0 Å². The smallest absolute Gasteiger partial charge is 0.114 e. The largest absolute Gasteiger partial charge is 0.508 e. The molecule has 2 unspecified atom stereocenters. The number of aliphatic hydroxyl groups is 4. The maximum absolute atomic E-state index is 9.92.